The van der Waals surface area contributed by atoms with Gasteiger partial charge < -0.3 is 14.6 Å². The molecule has 1 N–H and O–H groups in total. The van der Waals surface area contributed by atoms with E-state index in [1.54, 1.807) is 0 Å². The number of esters is 2. The Bertz CT molecular complexity index is 657. The Labute approximate surface area is 266 Å². The molecule has 1 atom stereocenters. The van der Waals surface area contributed by atoms with Crippen molar-refractivity contribution in [1.29, 1.82) is 0 Å². The van der Waals surface area contributed by atoms with Crippen molar-refractivity contribution in [3.8, 4) is 0 Å². The molecule has 0 spiro atoms. The van der Waals surface area contributed by atoms with Gasteiger partial charge in [-0.1, -0.05) is 134 Å². The van der Waals surface area contributed by atoms with Crippen molar-refractivity contribution in [3.63, 3.8) is 0 Å². The van der Waals surface area contributed by atoms with E-state index in [1.807, 2.05) is 0 Å². The minimum absolute atomic E-state index is 0.121. The maximum absolute atomic E-state index is 11.9. The Hall–Kier alpha value is -1.62. The Kier molecular flexibility index (Phi) is 33.6. The average Bonchev–Trinajstić information content (AvgIpc) is 3.01. The second-order valence-corrected chi connectivity index (χ2v) is 12.3. The van der Waals surface area contributed by atoms with Crippen LogP contribution in [-0.4, -0.2) is 36.4 Å². The van der Waals surface area contributed by atoms with E-state index in [9.17, 15) is 14.7 Å². The van der Waals surface area contributed by atoms with Crippen LogP contribution in [-0.2, 0) is 19.1 Å². The summed E-state index contributed by atoms with van der Waals surface area (Å²) in [6.07, 6.45) is 39.4. The van der Waals surface area contributed by atoms with Crippen molar-refractivity contribution in [2.24, 2.45) is 0 Å². The number of aliphatic hydroxyl groups excluding tert-OH is 1. The summed E-state index contributed by atoms with van der Waals surface area (Å²) in [7, 11) is 0. The minimum Gasteiger partial charge on any atom is -0.463 e. The van der Waals surface area contributed by atoms with Crippen LogP contribution in [0.4, 0.5) is 0 Å². The quantitative estimate of drug-likeness (QED) is 0.0457. The van der Waals surface area contributed by atoms with Crippen LogP contribution in [0, 0.1) is 0 Å². The third-order valence-electron chi connectivity index (χ3n) is 7.91. The predicted octanol–water partition coefficient (Wildman–Crippen LogP) is 11.1. The molecule has 252 valence electrons. The van der Waals surface area contributed by atoms with E-state index in [1.165, 1.54) is 109 Å². The van der Waals surface area contributed by atoms with Crippen molar-refractivity contribution in [2.45, 2.75) is 193 Å². The fraction of sp³-hybridized carbons (Fsp3) is 0.842. The molecular weight excluding hydrogens is 536 g/mol. The maximum atomic E-state index is 11.9. The number of ether oxygens (including phenoxy) is 2. The van der Waals surface area contributed by atoms with Gasteiger partial charge in [0.25, 0.3) is 0 Å². The van der Waals surface area contributed by atoms with Crippen molar-refractivity contribution in [1.82, 2.24) is 0 Å². The number of carbonyl (C=O) groups is 2. The molecule has 0 radical (unpaired) electrons. The fourth-order valence-corrected chi connectivity index (χ4v) is 5.07. The zero-order valence-electron chi connectivity index (χ0n) is 28.5. The highest BCUT2D eigenvalue weighted by Gasteiger charge is 2.12. The van der Waals surface area contributed by atoms with Crippen LogP contribution in [0.2, 0.25) is 0 Å². The highest BCUT2D eigenvalue weighted by molar-refractivity contribution is 5.69. The molecular formula is C38H70O5. The second-order valence-electron chi connectivity index (χ2n) is 12.3. The van der Waals surface area contributed by atoms with Crippen LogP contribution < -0.4 is 0 Å². The lowest BCUT2D eigenvalue weighted by atomic mass is 10.1. The van der Waals surface area contributed by atoms with Gasteiger partial charge in [0.05, 0.1) is 0 Å². The zero-order chi connectivity index (χ0) is 31.5. The lowest BCUT2D eigenvalue weighted by Crippen LogP contribution is -2.25. The molecule has 43 heavy (non-hydrogen) atoms. The molecule has 0 aromatic heterocycles. The van der Waals surface area contributed by atoms with Crippen molar-refractivity contribution in [2.75, 3.05) is 13.2 Å². The first-order valence-corrected chi connectivity index (χ1v) is 18.4. The van der Waals surface area contributed by atoms with Crippen LogP contribution in [0.15, 0.2) is 24.3 Å². The number of rotatable bonds is 33. The van der Waals surface area contributed by atoms with Gasteiger partial charge in [0.1, 0.15) is 19.3 Å². The Morgan fingerprint density at radius 3 is 1.07 bits per heavy atom. The zero-order valence-corrected chi connectivity index (χ0v) is 28.5. The number of allylic oxidation sites excluding steroid dienone is 4. The Balaban J connectivity index is 3.46. The van der Waals surface area contributed by atoms with Gasteiger partial charge in [-0.2, -0.15) is 0 Å². The van der Waals surface area contributed by atoms with Crippen molar-refractivity contribution < 1.29 is 24.2 Å². The summed E-state index contributed by atoms with van der Waals surface area (Å²) in [5.41, 5.74) is 0. The molecule has 0 saturated heterocycles. The SMILES string of the molecule is CCCCCCC/C=C/CCCCCCCC(=O)OCC(O)COC(=O)CCCCCCC/C=C\CCCCCCCC. The van der Waals surface area contributed by atoms with E-state index in [0.717, 1.165) is 51.4 Å². The highest BCUT2D eigenvalue weighted by Crippen LogP contribution is 2.12. The Morgan fingerprint density at radius 1 is 0.465 bits per heavy atom. The van der Waals surface area contributed by atoms with E-state index in [0.29, 0.717) is 12.8 Å². The van der Waals surface area contributed by atoms with Crippen LogP contribution >= 0.6 is 0 Å². The lowest BCUT2D eigenvalue weighted by molar-refractivity contribution is -0.152. The fourth-order valence-electron chi connectivity index (χ4n) is 5.07. The van der Waals surface area contributed by atoms with Gasteiger partial charge >= 0.3 is 11.9 Å². The summed E-state index contributed by atoms with van der Waals surface area (Å²) in [6.45, 7) is 4.27. The molecule has 0 bridgehead atoms. The molecule has 0 aliphatic carbocycles. The largest absolute Gasteiger partial charge is 0.463 e. The molecule has 0 aliphatic heterocycles. The normalized spacial score (nSPS) is 12.3. The van der Waals surface area contributed by atoms with E-state index in [-0.39, 0.29) is 25.2 Å². The first kappa shape index (κ1) is 41.4. The molecule has 0 aromatic rings. The first-order valence-electron chi connectivity index (χ1n) is 18.4. The number of carbonyl (C=O) groups excluding carboxylic acids is 2. The third-order valence-corrected chi connectivity index (χ3v) is 7.91. The topological polar surface area (TPSA) is 72.8 Å². The number of hydrogen-bond donors (Lipinski definition) is 1. The molecule has 0 rings (SSSR count). The maximum Gasteiger partial charge on any atom is 0.305 e. The summed E-state index contributed by atoms with van der Waals surface area (Å²) < 4.78 is 10.3. The number of aliphatic hydroxyl groups is 1. The molecule has 0 fully saturated rings. The van der Waals surface area contributed by atoms with E-state index in [2.05, 4.69) is 38.2 Å². The van der Waals surface area contributed by atoms with Crippen LogP contribution in [0.5, 0.6) is 0 Å². The van der Waals surface area contributed by atoms with E-state index < -0.39 is 6.10 Å². The van der Waals surface area contributed by atoms with Gasteiger partial charge in [-0.15, -0.1) is 0 Å². The molecule has 1 unspecified atom stereocenters. The monoisotopic (exact) mass is 607 g/mol. The van der Waals surface area contributed by atoms with Gasteiger partial charge in [0.2, 0.25) is 0 Å². The molecule has 5 heteroatoms. The third kappa shape index (κ3) is 34.7. The van der Waals surface area contributed by atoms with E-state index in [4.69, 9.17) is 9.47 Å². The van der Waals surface area contributed by atoms with Crippen LogP contribution in [0.25, 0.3) is 0 Å². The second kappa shape index (κ2) is 34.9. The number of hydrogen-bond acceptors (Lipinski definition) is 5. The lowest BCUT2D eigenvalue weighted by Gasteiger charge is -2.12. The summed E-state index contributed by atoms with van der Waals surface area (Å²) in [4.78, 5) is 23.8. The standard InChI is InChI=1S/C38H70O5/c1-3-5-7-9-11-13-15-17-19-21-23-25-27-29-31-33-38(41)43-35-36(39)34-42-37(40)32-30-28-26-24-22-20-18-16-14-12-10-8-6-4-2/h16-19,36,39H,3-15,20-35H2,1-2H3/b18-16+,19-17-. The average molecular weight is 607 g/mol. The number of unbranched alkanes of at least 4 members (excludes halogenated alkanes) is 21. The van der Waals surface area contributed by atoms with Crippen LogP contribution in [0.1, 0.15) is 187 Å². The summed E-state index contributed by atoms with van der Waals surface area (Å²) in [6, 6.07) is 0. The van der Waals surface area contributed by atoms with Gasteiger partial charge in [-0.05, 0) is 64.2 Å². The first-order chi connectivity index (χ1) is 21.1. The molecule has 0 heterocycles. The summed E-state index contributed by atoms with van der Waals surface area (Å²) in [5.74, 6) is -0.582. The van der Waals surface area contributed by atoms with Gasteiger partial charge in [-0.3, -0.25) is 9.59 Å². The highest BCUT2D eigenvalue weighted by atomic mass is 16.6. The Morgan fingerprint density at radius 2 is 0.744 bits per heavy atom. The smallest absolute Gasteiger partial charge is 0.305 e. The van der Waals surface area contributed by atoms with Gasteiger partial charge in [0.15, 0.2) is 0 Å². The van der Waals surface area contributed by atoms with Crippen molar-refractivity contribution in [3.05, 3.63) is 24.3 Å². The molecule has 5 nitrogen and oxygen atoms in total. The molecule has 0 saturated carbocycles. The molecule has 0 aromatic carbocycles. The predicted molar refractivity (Wildman–Crippen MR) is 182 cm³/mol. The summed E-state index contributed by atoms with van der Waals surface area (Å²) >= 11 is 0. The van der Waals surface area contributed by atoms with E-state index >= 15 is 0 Å². The minimum atomic E-state index is -0.966. The van der Waals surface area contributed by atoms with Crippen LogP contribution in [0.3, 0.4) is 0 Å². The summed E-state index contributed by atoms with van der Waals surface area (Å²) in [5, 5.41) is 9.98. The molecule has 0 aliphatic rings. The van der Waals surface area contributed by atoms with Crippen molar-refractivity contribution >= 4 is 11.9 Å². The van der Waals surface area contributed by atoms with Gasteiger partial charge in [0, 0.05) is 12.8 Å². The van der Waals surface area contributed by atoms with Gasteiger partial charge in [-0.25, -0.2) is 0 Å². The molecule has 0 amide bonds.